The van der Waals surface area contributed by atoms with Crippen molar-refractivity contribution in [3.05, 3.63) is 101 Å². The second kappa shape index (κ2) is 9.11. The highest BCUT2D eigenvalue weighted by Crippen LogP contribution is 2.22. The molecule has 0 saturated heterocycles. The van der Waals surface area contributed by atoms with Gasteiger partial charge in [0.05, 0.1) is 18.5 Å². The molecule has 0 saturated carbocycles. The monoisotopic (exact) mass is 428 g/mol. The quantitative estimate of drug-likeness (QED) is 0.612. The number of anilines is 1. The molecule has 1 amide bonds. The number of nitrogens with one attached hydrogen (secondary N) is 1. The summed E-state index contributed by atoms with van der Waals surface area (Å²) in [6.45, 7) is 0.600. The number of sulfonamides is 1. The van der Waals surface area contributed by atoms with Gasteiger partial charge in [-0.15, -0.1) is 0 Å². The van der Waals surface area contributed by atoms with Crippen molar-refractivity contribution < 1.29 is 13.2 Å². The van der Waals surface area contributed by atoms with E-state index in [-0.39, 0.29) is 12.5 Å². The van der Waals surface area contributed by atoms with Gasteiger partial charge in [0.2, 0.25) is 10.0 Å². The number of hydrogen-bond donors (Lipinski definition) is 1. The van der Waals surface area contributed by atoms with Crippen LogP contribution in [-0.2, 0) is 23.1 Å². The SMILES string of the molecule is CS(=O)(=O)N(Cc1ccc(Cl)cc1)c1ccc(C(=O)NCc2ccccc2)cc1. The van der Waals surface area contributed by atoms with Gasteiger partial charge in [0.15, 0.2) is 0 Å². The fourth-order valence-electron chi connectivity index (χ4n) is 2.81. The van der Waals surface area contributed by atoms with Gasteiger partial charge in [-0.25, -0.2) is 8.42 Å². The molecule has 0 aliphatic rings. The Hall–Kier alpha value is -2.83. The van der Waals surface area contributed by atoms with E-state index in [0.717, 1.165) is 17.4 Å². The fraction of sp³-hybridized carbons (Fsp3) is 0.136. The van der Waals surface area contributed by atoms with Crippen molar-refractivity contribution in [2.75, 3.05) is 10.6 Å². The second-order valence-electron chi connectivity index (χ2n) is 6.61. The smallest absolute Gasteiger partial charge is 0.251 e. The normalized spacial score (nSPS) is 11.1. The summed E-state index contributed by atoms with van der Waals surface area (Å²) in [5, 5.41) is 3.44. The highest BCUT2D eigenvalue weighted by Gasteiger charge is 2.18. The first kappa shape index (κ1) is 20.9. The Balaban J connectivity index is 1.73. The molecule has 29 heavy (non-hydrogen) atoms. The molecule has 0 atom stereocenters. The molecule has 0 aliphatic carbocycles. The lowest BCUT2D eigenvalue weighted by Gasteiger charge is -2.23. The highest BCUT2D eigenvalue weighted by molar-refractivity contribution is 7.92. The van der Waals surface area contributed by atoms with Gasteiger partial charge in [-0.1, -0.05) is 54.1 Å². The molecule has 0 radical (unpaired) electrons. The summed E-state index contributed by atoms with van der Waals surface area (Å²) in [7, 11) is -3.51. The van der Waals surface area contributed by atoms with Crippen LogP contribution in [0.15, 0.2) is 78.9 Å². The number of carbonyl (C=O) groups is 1. The molecule has 0 spiro atoms. The largest absolute Gasteiger partial charge is 0.348 e. The van der Waals surface area contributed by atoms with Gasteiger partial charge in [0.25, 0.3) is 5.91 Å². The van der Waals surface area contributed by atoms with Crippen LogP contribution in [0.2, 0.25) is 5.02 Å². The van der Waals surface area contributed by atoms with E-state index < -0.39 is 10.0 Å². The average molecular weight is 429 g/mol. The molecule has 0 aliphatic heterocycles. The minimum absolute atomic E-state index is 0.176. The summed E-state index contributed by atoms with van der Waals surface area (Å²) in [6, 6.07) is 23.1. The first-order valence-corrected chi connectivity index (χ1v) is 11.2. The van der Waals surface area contributed by atoms with Crippen molar-refractivity contribution in [2.24, 2.45) is 0 Å². The molecule has 1 N–H and O–H groups in total. The van der Waals surface area contributed by atoms with Crippen LogP contribution in [-0.4, -0.2) is 20.6 Å². The third-order valence-corrected chi connectivity index (χ3v) is 5.75. The summed E-state index contributed by atoms with van der Waals surface area (Å²) in [6.07, 6.45) is 1.16. The van der Waals surface area contributed by atoms with E-state index in [0.29, 0.717) is 22.8 Å². The van der Waals surface area contributed by atoms with Gasteiger partial charge >= 0.3 is 0 Å². The van der Waals surface area contributed by atoms with Crippen LogP contribution < -0.4 is 9.62 Å². The Labute approximate surface area is 176 Å². The average Bonchev–Trinajstić information content (AvgIpc) is 2.71. The molecule has 0 aromatic heterocycles. The van der Waals surface area contributed by atoms with Crippen molar-refractivity contribution in [2.45, 2.75) is 13.1 Å². The molecule has 0 bridgehead atoms. The van der Waals surface area contributed by atoms with Crippen molar-refractivity contribution in [3.8, 4) is 0 Å². The third kappa shape index (κ3) is 5.82. The van der Waals surface area contributed by atoms with Crippen LogP contribution in [0.1, 0.15) is 21.5 Å². The lowest BCUT2D eigenvalue weighted by Crippen LogP contribution is -2.29. The molecule has 7 heteroatoms. The summed E-state index contributed by atoms with van der Waals surface area (Å²) >= 11 is 5.90. The van der Waals surface area contributed by atoms with Crippen LogP contribution in [0.25, 0.3) is 0 Å². The lowest BCUT2D eigenvalue weighted by atomic mass is 10.1. The van der Waals surface area contributed by atoms with Crippen molar-refractivity contribution in [1.82, 2.24) is 5.32 Å². The molecule has 5 nitrogen and oxygen atoms in total. The molecule has 0 unspecified atom stereocenters. The minimum atomic E-state index is -3.51. The summed E-state index contributed by atoms with van der Waals surface area (Å²) in [4.78, 5) is 12.4. The molecule has 3 aromatic rings. The molecule has 3 rings (SSSR count). The van der Waals surface area contributed by atoms with Gasteiger partial charge in [0.1, 0.15) is 0 Å². The van der Waals surface area contributed by atoms with Crippen molar-refractivity contribution >= 4 is 33.2 Å². The number of halogens is 1. The Morgan fingerprint density at radius 3 is 2.10 bits per heavy atom. The van der Waals surface area contributed by atoms with Crippen molar-refractivity contribution in [3.63, 3.8) is 0 Å². The second-order valence-corrected chi connectivity index (χ2v) is 8.95. The maximum Gasteiger partial charge on any atom is 0.251 e. The summed E-state index contributed by atoms with van der Waals surface area (Å²) in [5.41, 5.74) is 2.76. The zero-order chi connectivity index (χ0) is 20.9. The van der Waals surface area contributed by atoms with E-state index >= 15 is 0 Å². The number of nitrogens with zero attached hydrogens (tertiary/aromatic N) is 1. The minimum Gasteiger partial charge on any atom is -0.348 e. The predicted octanol–water partition coefficient (Wildman–Crippen LogP) is 4.24. The third-order valence-electron chi connectivity index (χ3n) is 4.35. The van der Waals surface area contributed by atoms with Gasteiger partial charge < -0.3 is 5.32 Å². The predicted molar refractivity (Wildman–Crippen MR) is 117 cm³/mol. The Morgan fingerprint density at radius 1 is 0.897 bits per heavy atom. The van der Waals surface area contributed by atoms with Crippen LogP contribution in [0.3, 0.4) is 0 Å². The number of carbonyl (C=O) groups excluding carboxylic acids is 1. The lowest BCUT2D eigenvalue weighted by molar-refractivity contribution is 0.0951. The van der Waals surface area contributed by atoms with E-state index in [2.05, 4.69) is 5.32 Å². The number of benzene rings is 3. The van der Waals surface area contributed by atoms with E-state index in [9.17, 15) is 13.2 Å². The van der Waals surface area contributed by atoms with Crippen LogP contribution in [0.4, 0.5) is 5.69 Å². The van der Waals surface area contributed by atoms with Gasteiger partial charge in [-0.05, 0) is 47.5 Å². The van der Waals surface area contributed by atoms with Crippen molar-refractivity contribution in [1.29, 1.82) is 0 Å². The fourth-order valence-corrected chi connectivity index (χ4v) is 3.83. The maximum absolute atomic E-state index is 12.4. The molecule has 150 valence electrons. The Kier molecular flexibility index (Phi) is 6.56. The van der Waals surface area contributed by atoms with E-state index in [1.54, 1.807) is 48.5 Å². The number of amides is 1. The zero-order valence-electron chi connectivity index (χ0n) is 15.9. The molecular weight excluding hydrogens is 408 g/mol. The topological polar surface area (TPSA) is 66.5 Å². The standard InChI is InChI=1S/C22H21ClN2O3S/c1-29(27,28)25(16-18-7-11-20(23)12-8-18)21-13-9-19(10-14-21)22(26)24-15-17-5-3-2-4-6-17/h2-14H,15-16H2,1H3,(H,24,26). The zero-order valence-corrected chi connectivity index (χ0v) is 17.5. The highest BCUT2D eigenvalue weighted by atomic mass is 35.5. The molecule has 3 aromatic carbocycles. The molecule has 0 fully saturated rings. The molecule has 0 heterocycles. The summed E-state index contributed by atoms with van der Waals surface area (Å²) in [5.74, 6) is -0.219. The van der Waals surface area contributed by atoms with Gasteiger partial charge in [-0.3, -0.25) is 9.10 Å². The van der Waals surface area contributed by atoms with E-state index in [4.69, 9.17) is 11.6 Å². The number of rotatable bonds is 7. The van der Waals surface area contributed by atoms with E-state index in [1.807, 2.05) is 30.3 Å². The Bertz CT molecular complexity index is 1070. The molecular formula is C22H21ClN2O3S. The maximum atomic E-state index is 12.4. The van der Waals surface area contributed by atoms with Crippen LogP contribution >= 0.6 is 11.6 Å². The Morgan fingerprint density at radius 2 is 1.52 bits per heavy atom. The van der Waals surface area contributed by atoms with Crippen LogP contribution in [0, 0.1) is 0 Å². The van der Waals surface area contributed by atoms with Crippen LogP contribution in [0.5, 0.6) is 0 Å². The summed E-state index contributed by atoms with van der Waals surface area (Å²) < 4.78 is 25.9. The van der Waals surface area contributed by atoms with Gasteiger partial charge in [-0.2, -0.15) is 0 Å². The first-order valence-electron chi connectivity index (χ1n) is 8.97. The van der Waals surface area contributed by atoms with Gasteiger partial charge in [0, 0.05) is 17.1 Å². The van der Waals surface area contributed by atoms with E-state index in [1.165, 1.54) is 4.31 Å². The number of hydrogen-bond acceptors (Lipinski definition) is 3. The first-order chi connectivity index (χ1) is 13.8.